The topological polar surface area (TPSA) is 116 Å². The molecule has 0 radical (unpaired) electrons. The molecule has 1 fully saturated rings. The summed E-state index contributed by atoms with van der Waals surface area (Å²) in [4.78, 5) is 23.2. The van der Waals surface area contributed by atoms with Gasteiger partial charge in [0, 0.05) is 11.7 Å². The molecule has 136 valence electrons. The van der Waals surface area contributed by atoms with E-state index in [0.717, 1.165) is 11.1 Å². The van der Waals surface area contributed by atoms with Gasteiger partial charge in [-0.25, -0.2) is 9.59 Å². The van der Waals surface area contributed by atoms with Crippen molar-refractivity contribution in [3.8, 4) is 0 Å². The van der Waals surface area contributed by atoms with Crippen LogP contribution in [0.15, 0.2) is 24.3 Å². The number of benzene rings is 1. The lowest BCUT2D eigenvalue weighted by Crippen LogP contribution is -2.44. The van der Waals surface area contributed by atoms with Gasteiger partial charge in [0.2, 0.25) is 0 Å². The average molecular weight is 349 g/mol. The lowest BCUT2D eigenvalue weighted by atomic mass is 9.65. The van der Waals surface area contributed by atoms with Crippen LogP contribution in [0, 0.1) is 0 Å². The first-order valence-corrected chi connectivity index (χ1v) is 8.21. The molecule has 1 saturated carbocycles. The van der Waals surface area contributed by atoms with E-state index >= 15 is 0 Å². The van der Waals surface area contributed by atoms with Crippen LogP contribution in [-0.2, 0) is 21.3 Å². The van der Waals surface area contributed by atoms with Crippen molar-refractivity contribution in [3.63, 3.8) is 0 Å². The number of hydrogen-bond acceptors (Lipinski definition) is 5. The summed E-state index contributed by atoms with van der Waals surface area (Å²) in [5.74, 6) is -1.15. The number of carboxylic acid groups (broad SMARTS) is 1. The fraction of sp³-hybridized carbons (Fsp3) is 0.529. The predicted octanol–water partition coefficient (Wildman–Crippen LogP) is 1.25. The van der Waals surface area contributed by atoms with E-state index in [2.05, 4.69) is 5.32 Å². The van der Waals surface area contributed by atoms with Gasteiger partial charge >= 0.3 is 19.2 Å². The maximum absolute atomic E-state index is 11.8. The number of ether oxygens (including phenoxy) is 1. The molecule has 1 aliphatic rings. The minimum absolute atomic E-state index is 0.101. The molecule has 4 N–H and O–H groups in total. The zero-order valence-corrected chi connectivity index (χ0v) is 14.7. The highest BCUT2D eigenvalue weighted by Gasteiger charge is 2.53. The van der Waals surface area contributed by atoms with Gasteiger partial charge in [-0.15, -0.1) is 0 Å². The Hall–Kier alpha value is -2.06. The number of rotatable bonds is 6. The quantitative estimate of drug-likeness (QED) is 0.575. The minimum Gasteiger partial charge on any atom is -0.480 e. The van der Waals surface area contributed by atoms with Crippen molar-refractivity contribution in [1.82, 2.24) is 5.32 Å². The lowest BCUT2D eigenvalue weighted by Gasteiger charge is -2.22. The van der Waals surface area contributed by atoms with Gasteiger partial charge in [0.05, 0.1) is 0 Å². The summed E-state index contributed by atoms with van der Waals surface area (Å²) in [6, 6.07) is 5.91. The first-order valence-electron chi connectivity index (χ1n) is 8.21. The van der Waals surface area contributed by atoms with E-state index in [1.165, 1.54) is 0 Å². The Bertz CT molecular complexity index is 634. The molecule has 0 bridgehead atoms. The van der Waals surface area contributed by atoms with Crippen LogP contribution >= 0.6 is 0 Å². The largest absolute Gasteiger partial charge is 0.480 e. The molecule has 1 aliphatic carbocycles. The van der Waals surface area contributed by atoms with E-state index in [9.17, 15) is 24.7 Å². The predicted molar refractivity (Wildman–Crippen MR) is 92.0 cm³/mol. The zero-order valence-electron chi connectivity index (χ0n) is 14.7. The Morgan fingerprint density at radius 1 is 1.24 bits per heavy atom. The van der Waals surface area contributed by atoms with E-state index in [1.807, 2.05) is 0 Å². The van der Waals surface area contributed by atoms with Crippen LogP contribution in [0.4, 0.5) is 4.79 Å². The Balaban J connectivity index is 2.03. The van der Waals surface area contributed by atoms with Crippen molar-refractivity contribution in [1.29, 1.82) is 0 Å². The molecule has 1 unspecified atom stereocenters. The second kappa shape index (κ2) is 7.05. The molecule has 1 atom stereocenters. The third kappa shape index (κ3) is 4.96. The van der Waals surface area contributed by atoms with Crippen LogP contribution in [0.3, 0.4) is 0 Å². The van der Waals surface area contributed by atoms with Crippen LogP contribution in [0.5, 0.6) is 0 Å². The number of carbonyl (C=O) groups excluding carboxylic acids is 1. The standard InChI is InChI=1S/C17H24BNO6/c1-16(2,3)25-15(22)19-13(14(20)21)10-11-4-6-12(7-5-11)17(8-9-17)18(23)24/h4-7,13,23-24H,8-10H2,1-3H3,(H,19,22)(H,20,21). The number of hydrogen-bond donors (Lipinski definition) is 4. The number of nitrogens with one attached hydrogen (secondary N) is 1. The Morgan fingerprint density at radius 3 is 2.20 bits per heavy atom. The van der Waals surface area contributed by atoms with Gasteiger partial charge in [0.15, 0.2) is 0 Å². The molecule has 1 amide bonds. The zero-order chi connectivity index (χ0) is 18.8. The molecule has 8 heteroatoms. The molecule has 1 aromatic carbocycles. The van der Waals surface area contributed by atoms with Gasteiger partial charge in [0.1, 0.15) is 11.6 Å². The van der Waals surface area contributed by atoms with E-state index in [-0.39, 0.29) is 6.42 Å². The average Bonchev–Trinajstić information content (AvgIpc) is 3.27. The monoisotopic (exact) mass is 349 g/mol. The van der Waals surface area contributed by atoms with Gasteiger partial charge in [-0.3, -0.25) is 0 Å². The number of aliphatic carboxylic acids is 1. The fourth-order valence-electron chi connectivity index (χ4n) is 2.69. The van der Waals surface area contributed by atoms with Crippen molar-refractivity contribution in [2.24, 2.45) is 0 Å². The second-order valence-corrected chi connectivity index (χ2v) is 7.47. The fourth-order valence-corrected chi connectivity index (χ4v) is 2.69. The molecular formula is C17H24BNO6. The number of amides is 1. The Kier molecular flexibility index (Phi) is 5.44. The third-order valence-corrected chi connectivity index (χ3v) is 4.24. The van der Waals surface area contributed by atoms with Gasteiger partial charge in [-0.2, -0.15) is 0 Å². The molecule has 7 nitrogen and oxygen atoms in total. The summed E-state index contributed by atoms with van der Waals surface area (Å²) in [5.41, 5.74) is 0.826. The van der Waals surface area contributed by atoms with E-state index in [1.54, 1.807) is 45.0 Å². The summed E-state index contributed by atoms with van der Waals surface area (Å²) < 4.78 is 5.09. The summed E-state index contributed by atoms with van der Waals surface area (Å²) in [6.07, 6.45) is 0.741. The summed E-state index contributed by atoms with van der Waals surface area (Å²) in [7, 11) is -1.40. The van der Waals surface area contributed by atoms with Crippen molar-refractivity contribution < 1.29 is 29.5 Å². The summed E-state index contributed by atoms with van der Waals surface area (Å²) in [5, 5.41) is 30.1. The van der Waals surface area contributed by atoms with Gasteiger partial charge in [-0.05, 0) is 44.7 Å². The second-order valence-electron chi connectivity index (χ2n) is 7.47. The molecular weight excluding hydrogens is 325 g/mol. The molecule has 0 aliphatic heterocycles. The maximum atomic E-state index is 11.8. The summed E-state index contributed by atoms with van der Waals surface area (Å²) >= 11 is 0. The molecule has 0 aromatic heterocycles. The molecule has 25 heavy (non-hydrogen) atoms. The van der Waals surface area contributed by atoms with Crippen molar-refractivity contribution in [3.05, 3.63) is 35.4 Å². The molecule has 0 heterocycles. The van der Waals surface area contributed by atoms with Crippen LogP contribution in [0.2, 0.25) is 0 Å². The van der Waals surface area contributed by atoms with Crippen LogP contribution in [0.25, 0.3) is 0 Å². The van der Waals surface area contributed by atoms with E-state index in [0.29, 0.717) is 12.8 Å². The Labute approximate surface area is 147 Å². The highest BCUT2D eigenvalue weighted by Crippen LogP contribution is 2.48. The first-order chi connectivity index (χ1) is 11.5. The molecule has 1 aromatic rings. The van der Waals surface area contributed by atoms with Gasteiger partial charge in [-0.1, -0.05) is 24.3 Å². The molecule has 0 spiro atoms. The number of carbonyl (C=O) groups is 2. The number of alkyl carbamates (subject to hydrolysis) is 1. The number of carboxylic acids is 1. The first kappa shape index (κ1) is 19.3. The Morgan fingerprint density at radius 2 is 1.80 bits per heavy atom. The van der Waals surface area contributed by atoms with Crippen molar-refractivity contribution in [2.45, 2.75) is 57.0 Å². The van der Waals surface area contributed by atoms with Gasteiger partial charge in [0.25, 0.3) is 0 Å². The lowest BCUT2D eigenvalue weighted by molar-refractivity contribution is -0.139. The van der Waals surface area contributed by atoms with Crippen molar-refractivity contribution >= 4 is 19.2 Å². The van der Waals surface area contributed by atoms with Crippen molar-refractivity contribution in [2.75, 3.05) is 0 Å². The van der Waals surface area contributed by atoms with Crippen LogP contribution in [0.1, 0.15) is 44.7 Å². The minimum atomic E-state index is -1.40. The SMILES string of the molecule is CC(C)(C)OC(=O)NC(Cc1ccc(C2(B(O)O)CC2)cc1)C(=O)O. The normalized spacial score (nSPS) is 16.7. The summed E-state index contributed by atoms with van der Waals surface area (Å²) in [6.45, 7) is 5.10. The highest BCUT2D eigenvalue weighted by molar-refractivity contribution is 6.47. The molecule has 0 saturated heterocycles. The van der Waals surface area contributed by atoms with Gasteiger partial charge < -0.3 is 25.2 Å². The maximum Gasteiger partial charge on any atom is 0.462 e. The van der Waals surface area contributed by atoms with Crippen LogP contribution in [-0.4, -0.2) is 46.0 Å². The molecule has 2 rings (SSSR count). The third-order valence-electron chi connectivity index (χ3n) is 4.24. The smallest absolute Gasteiger partial charge is 0.462 e. The van der Waals surface area contributed by atoms with Crippen LogP contribution < -0.4 is 5.32 Å². The highest BCUT2D eigenvalue weighted by atomic mass is 16.6. The van der Waals surface area contributed by atoms with E-state index < -0.39 is 36.1 Å². The van der Waals surface area contributed by atoms with E-state index in [4.69, 9.17) is 4.74 Å².